The SMILES string of the molecule is COc1ccc(F)cc1C(=O)NCc1ccc(-c2nc([C@H]3CC[C@H](C(=O)O)CC3)n3ncnc(N)c23)cc1. The van der Waals surface area contributed by atoms with Gasteiger partial charge in [0.05, 0.1) is 18.6 Å². The molecule has 0 unspecified atom stereocenters. The third-order valence-electron chi connectivity index (χ3n) is 7.01. The minimum atomic E-state index is -0.755. The quantitative estimate of drug-likeness (QED) is 0.335. The number of carboxylic acids is 1. The van der Waals surface area contributed by atoms with E-state index in [0.717, 1.165) is 23.0 Å². The molecule has 4 aromatic rings. The first-order valence-corrected chi connectivity index (χ1v) is 12.3. The van der Waals surface area contributed by atoms with Crippen molar-refractivity contribution in [3.63, 3.8) is 0 Å². The van der Waals surface area contributed by atoms with Gasteiger partial charge in [-0.25, -0.2) is 18.9 Å². The molecule has 1 aliphatic carbocycles. The summed E-state index contributed by atoms with van der Waals surface area (Å²) >= 11 is 0. The Hall–Kier alpha value is -4.54. The van der Waals surface area contributed by atoms with Crippen molar-refractivity contribution in [1.29, 1.82) is 0 Å². The molecular weight excluding hydrogens is 491 g/mol. The van der Waals surface area contributed by atoms with E-state index in [-0.39, 0.29) is 29.7 Å². The van der Waals surface area contributed by atoms with E-state index in [9.17, 15) is 19.1 Å². The number of hydrogen-bond acceptors (Lipinski definition) is 7. The van der Waals surface area contributed by atoms with Crippen molar-refractivity contribution in [2.24, 2.45) is 5.92 Å². The summed E-state index contributed by atoms with van der Waals surface area (Å²) in [5, 5.41) is 16.5. The maximum absolute atomic E-state index is 13.6. The Bertz CT molecular complexity index is 1500. The minimum Gasteiger partial charge on any atom is -0.496 e. The second-order valence-corrected chi connectivity index (χ2v) is 9.34. The third kappa shape index (κ3) is 4.86. The number of carbonyl (C=O) groups excluding carboxylic acids is 1. The van der Waals surface area contributed by atoms with Crippen LogP contribution in [-0.4, -0.2) is 43.7 Å². The number of anilines is 1. The molecule has 0 spiro atoms. The molecule has 1 amide bonds. The lowest BCUT2D eigenvalue weighted by molar-refractivity contribution is -0.142. The Balaban J connectivity index is 1.36. The first-order valence-electron chi connectivity index (χ1n) is 12.3. The lowest BCUT2D eigenvalue weighted by Gasteiger charge is -2.24. The first-order chi connectivity index (χ1) is 18.4. The number of rotatable bonds is 7. The molecule has 1 saturated carbocycles. The van der Waals surface area contributed by atoms with Gasteiger partial charge >= 0.3 is 5.97 Å². The maximum atomic E-state index is 13.6. The Morgan fingerprint density at radius 1 is 1.16 bits per heavy atom. The second kappa shape index (κ2) is 10.4. The van der Waals surface area contributed by atoms with Gasteiger partial charge in [-0.1, -0.05) is 24.3 Å². The number of fused-ring (bicyclic) bond motifs is 1. The molecule has 0 radical (unpaired) electrons. The Morgan fingerprint density at radius 3 is 2.58 bits per heavy atom. The molecule has 1 aliphatic rings. The summed E-state index contributed by atoms with van der Waals surface area (Å²) in [6, 6.07) is 11.3. The van der Waals surface area contributed by atoms with E-state index in [4.69, 9.17) is 15.5 Å². The molecule has 2 aromatic carbocycles. The molecule has 1 fully saturated rings. The third-order valence-corrected chi connectivity index (χ3v) is 7.01. The molecule has 5 rings (SSSR count). The summed E-state index contributed by atoms with van der Waals surface area (Å²) in [6.45, 7) is 0.228. The van der Waals surface area contributed by atoms with Gasteiger partial charge in [0.1, 0.15) is 34.9 Å². The number of benzene rings is 2. The zero-order valence-electron chi connectivity index (χ0n) is 20.7. The number of nitrogen functional groups attached to an aromatic ring is 1. The fourth-order valence-electron chi connectivity index (χ4n) is 4.96. The van der Waals surface area contributed by atoms with E-state index in [1.807, 2.05) is 24.3 Å². The maximum Gasteiger partial charge on any atom is 0.306 e. The van der Waals surface area contributed by atoms with Crippen LogP contribution in [-0.2, 0) is 11.3 Å². The second-order valence-electron chi connectivity index (χ2n) is 9.34. The van der Waals surface area contributed by atoms with E-state index in [0.29, 0.717) is 42.7 Å². The van der Waals surface area contributed by atoms with Crippen molar-refractivity contribution < 1.29 is 23.8 Å². The van der Waals surface area contributed by atoms with Crippen LogP contribution in [0.25, 0.3) is 16.8 Å². The molecule has 0 atom stereocenters. The number of aliphatic carboxylic acids is 1. The predicted molar refractivity (Wildman–Crippen MR) is 137 cm³/mol. The van der Waals surface area contributed by atoms with Crippen molar-refractivity contribution >= 4 is 23.2 Å². The topological polar surface area (TPSA) is 145 Å². The van der Waals surface area contributed by atoms with Crippen molar-refractivity contribution in [2.45, 2.75) is 38.1 Å². The highest BCUT2D eigenvalue weighted by Crippen LogP contribution is 2.38. The van der Waals surface area contributed by atoms with Crippen molar-refractivity contribution in [2.75, 3.05) is 12.8 Å². The van der Waals surface area contributed by atoms with E-state index in [2.05, 4.69) is 15.4 Å². The van der Waals surface area contributed by atoms with E-state index in [1.165, 1.54) is 25.6 Å². The number of nitrogens with two attached hydrogens (primary N) is 1. The molecule has 4 N–H and O–H groups in total. The van der Waals surface area contributed by atoms with Gasteiger partial charge in [-0.3, -0.25) is 9.59 Å². The van der Waals surface area contributed by atoms with Crippen LogP contribution in [0.5, 0.6) is 5.75 Å². The Labute approximate surface area is 217 Å². The number of amides is 1. The molecule has 196 valence electrons. The van der Waals surface area contributed by atoms with E-state index >= 15 is 0 Å². The number of hydrogen-bond donors (Lipinski definition) is 3. The van der Waals surface area contributed by atoms with Crippen LogP contribution in [0.4, 0.5) is 10.2 Å². The summed E-state index contributed by atoms with van der Waals surface area (Å²) in [6.07, 6.45) is 3.97. The number of ether oxygens (including phenoxy) is 1. The number of carboxylic acid groups (broad SMARTS) is 1. The molecular formula is C27H27FN6O4. The van der Waals surface area contributed by atoms with Gasteiger partial charge in [-0.2, -0.15) is 5.10 Å². The monoisotopic (exact) mass is 518 g/mol. The number of aromatic nitrogens is 4. The predicted octanol–water partition coefficient (Wildman–Crippen LogP) is 3.81. The normalized spacial score (nSPS) is 17.3. The molecule has 2 aromatic heterocycles. The zero-order chi connectivity index (χ0) is 26.8. The molecule has 0 bridgehead atoms. The molecule has 2 heterocycles. The molecule has 38 heavy (non-hydrogen) atoms. The van der Waals surface area contributed by atoms with Crippen LogP contribution in [0.2, 0.25) is 0 Å². The average molecular weight is 519 g/mol. The van der Waals surface area contributed by atoms with Gasteiger partial charge < -0.3 is 20.9 Å². The molecule has 0 aliphatic heterocycles. The van der Waals surface area contributed by atoms with Crippen molar-refractivity contribution in [3.05, 3.63) is 71.6 Å². The number of imidazole rings is 1. The average Bonchev–Trinajstić information content (AvgIpc) is 3.33. The van der Waals surface area contributed by atoms with Gasteiger partial charge in [-0.05, 0) is 49.4 Å². The van der Waals surface area contributed by atoms with Crippen molar-refractivity contribution in [1.82, 2.24) is 24.9 Å². The summed E-state index contributed by atoms with van der Waals surface area (Å²) < 4.78 is 20.5. The molecule has 0 saturated heterocycles. The number of carbonyl (C=O) groups is 2. The zero-order valence-corrected chi connectivity index (χ0v) is 20.7. The highest BCUT2D eigenvalue weighted by atomic mass is 19.1. The molecule has 11 heteroatoms. The van der Waals surface area contributed by atoms with E-state index < -0.39 is 17.7 Å². The minimum absolute atomic E-state index is 0.0652. The highest BCUT2D eigenvalue weighted by molar-refractivity contribution is 5.97. The lowest BCUT2D eigenvalue weighted by atomic mass is 9.82. The smallest absolute Gasteiger partial charge is 0.306 e. The van der Waals surface area contributed by atoms with Gasteiger partial charge in [0, 0.05) is 18.0 Å². The Kier molecular flexibility index (Phi) is 6.91. The summed E-state index contributed by atoms with van der Waals surface area (Å²) in [4.78, 5) is 33.0. The van der Waals surface area contributed by atoms with Crippen LogP contribution in [0.1, 0.15) is 53.3 Å². The number of halogens is 1. The fraction of sp³-hybridized carbons (Fsp3) is 0.296. The van der Waals surface area contributed by atoms with Crippen LogP contribution in [0.15, 0.2) is 48.8 Å². The van der Waals surface area contributed by atoms with Crippen molar-refractivity contribution in [3.8, 4) is 17.0 Å². The summed E-state index contributed by atoms with van der Waals surface area (Å²) in [5.74, 6) is -0.653. The standard InChI is InChI=1S/C27H27FN6O4/c1-38-21-11-10-19(28)12-20(21)26(35)30-13-15-2-4-16(5-3-15)22-23-24(29)31-14-32-34(23)25(33-22)17-6-8-18(9-7-17)27(36)37/h2-5,10-12,14,17-18H,6-9,13H2,1H3,(H,30,35)(H,36,37)(H2,29,31,32)/t17-,18-. The summed E-state index contributed by atoms with van der Waals surface area (Å²) in [5.41, 5.74) is 9.21. The largest absolute Gasteiger partial charge is 0.496 e. The van der Waals surface area contributed by atoms with Gasteiger partial charge in [0.15, 0.2) is 5.82 Å². The van der Waals surface area contributed by atoms with Crippen LogP contribution in [0.3, 0.4) is 0 Å². The number of nitrogens with zero attached hydrogens (tertiary/aromatic N) is 4. The lowest BCUT2D eigenvalue weighted by Crippen LogP contribution is -2.23. The summed E-state index contributed by atoms with van der Waals surface area (Å²) in [7, 11) is 1.42. The van der Waals surface area contributed by atoms with Gasteiger partial charge in [-0.15, -0.1) is 0 Å². The van der Waals surface area contributed by atoms with Gasteiger partial charge in [0.25, 0.3) is 5.91 Å². The first kappa shape index (κ1) is 25.1. The van der Waals surface area contributed by atoms with Crippen LogP contribution < -0.4 is 15.8 Å². The Morgan fingerprint density at radius 2 is 1.89 bits per heavy atom. The number of methoxy groups -OCH3 is 1. The fourth-order valence-corrected chi connectivity index (χ4v) is 4.96. The van der Waals surface area contributed by atoms with Crippen LogP contribution in [0, 0.1) is 11.7 Å². The molecule has 10 nitrogen and oxygen atoms in total. The van der Waals surface area contributed by atoms with Crippen LogP contribution >= 0.6 is 0 Å². The van der Waals surface area contributed by atoms with Gasteiger partial charge in [0.2, 0.25) is 0 Å². The van der Waals surface area contributed by atoms with E-state index in [1.54, 1.807) is 4.52 Å². The number of nitrogens with one attached hydrogen (secondary N) is 1. The highest BCUT2D eigenvalue weighted by Gasteiger charge is 2.30.